The maximum Gasteiger partial charge on any atom is 0.315 e. The molecule has 1 heterocycles. The van der Waals surface area contributed by atoms with Gasteiger partial charge < -0.3 is 15.4 Å². The summed E-state index contributed by atoms with van der Waals surface area (Å²) in [7, 11) is 0. The van der Waals surface area contributed by atoms with Gasteiger partial charge in [0.05, 0.1) is 6.04 Å². The van der Waals surface area contributed by atoms with E-state index in [2.05, 4.69) is 34.9 Å². The van der Waals surface area contributed by atoms with Gasteiger partial charge in [-0.2, -0.15) is 0 Å². The minimum absolute atomic E-state index is 0.0273. The summed E-state index contributed by atoms with van der Waals surface area (Å²) >= 11 is 0. The Kier molecular flexibility index (Phi) is 3.93. The molecule has 0 bridgehead atoms. The van der Waals surface area contributed by atoms with Crippen molar-refractivity contribution in [2.45, 2.75) is 38.3 Å². The molecule has 1 spiro atoms. The Morgan fingerprint density at radius 3 is 2.75 bits per heavy atom. The molecule has 1 saturated heterocycles. The molecule has 2 amide bonds. The van der Waals surface area contributed by atoms with E-state index in [1.54, 1.807) is 0 Å². The van der Waals surface area contributed by atoms with Crippen LogP contribution >= 0.6 is 0 Å². The zero-order valence-corrected chi connectivity index (χ0v) is 14.0. The first-order valence-electron chi connectivity index (χ1n) is 8.80. The van der Waals surface area contributed by atoms with Crippen LogP contribution in [0.15, 0.2) is 42.5 Å². The Bertz CT molecular complexity index is 747. The zero-order valence-electron chi connectivity index (χ0n) is 14.0. The Balaban J connectivity index is 1.40. The van der Waals surface area contributed by atoms with Crippen LogP contribution in [0.25, 0.3) is 10.8 Å². The molecule has 126 valence electrons. The van der Waals surface area contributed by atoms with Crippen LogP contribution in [0.4, 0.5) is 4.79 Å². The third kappa shape index (κ3) is 2.86. The van der Waals surface area contributed by atoms with Gasteiger partial charge in [0, 0.05) is 19.3 Å². The summed E-state index contributed by atoms with van der Waals surface area (Å²) in [5.41, 5.74) is 1.46. The van der Waals surface area contributed by atoms with Crippen LogP contribution in [0.2, 0.25) is 0 Å². The number of benzene rings is 2. The van der Waals surface area contributed by atoms with Crippen molar-refractivity contribution in [1.29, 1.82) is 0 Å². The summed E-state index contributed by atoms with van der Waals surface area (Å²) in [5, 5.41) is 8.65. The molecule has 2 N–H and O–H groups in total. The van der Waals surface area contributed by atoms with Gasteiger partial charge >= 0.3 is 6.03 Å². The number of carbonyl (C=O) groups is 1. The highest BCUT2D eigenvalue weighted by atomic mass is 16.5. The highest BCUT2D eigenvalue weighted by Gasteiger charge is 2.55. The molecular formula is C20H24N2O2. The van der Waals surface area contributed by atoms with Gasteiger partial charge in [0.25, 0.3) is 0 Å². The number of urea groups is 1. The number of nitrogens with one attached hydrogen (secondary N) is 2. The van der Waals surface area contributed by atoms with Crippen LogP contribution in [-0.4, -0.2) is 25.3 Å². The summed E-state index contributed by atoms with van der Waals surface area (Å²) < 4.78 is 5.43. The second-order valence-electron chi connectivity index (χ2n) is 7.14. The number of hydrogen-bond donors (Lipinski definition) is 2. The van der Waals surface area contributed by atoms with Gasteiger partial charge in [-0.25, -0.2) is 4.79 Å². The van der Waals surface area contributed by atoms with E-state index in [0.717, 1.165) is 38.0 Å². The fourth-order valence-corrected chi connectivity index (χ4v) is 3.98. The molecule has 2 aliphatic rings. The molecule has 2 aromatic carbocycles. The topological polar surface area (TPSA) is 50.4 Å². The maximum atomic E-state index is 12.4. The molecule has 4 heteroatoms. The van der Waals surface area contributed by atoms with E-state index >= 15 is 0 Å². The minimum Gasteiger partial charge on any atom is -0.381 e. The number of amides is 2. The van der Waals surface area contributed by atoms with Crippen molar-refractivity contribution in [2.75, 3.05) is 13.2 Å². The molecule has 2 atom stereocenters. The lowest BCUT2D eigenvalue weighted by Crippen LogP contribution is -2.40. The standard InChI is InChI=1S/C20H24N2O2/c1-14(16-8-4-6-15-5-2-3-7-17(15)16)21-19(23)22-18-13-20(18)9-11-24-12-10-20/h2-8,14,18H,9-13H2,1H3,(H2,21,22,23)/t14-,18?/m1/s1. The molecule has 1 saturated carbocycles. The SMILES string of the molecule is C[C@@H](NC(=O)NC1CC12CCOCC2)c1cccc2ccccc12. The molecule has 24 heavy (non-hydrogen) atoms. The number of carbonyl (C=O) groups excluding carboxylic acids is 1. The maximum absolute atomic E-state index is 12.4. The first-order chi connectivity index (χ1) is 11.7. The Morgan fingerprint density at radius 1 is 1.17 bits per heavy atom. The quantitative estimate of drug-likeness (QED) is 0.903. The Hall–Kier alpha value is -2.07. The zero-order chi connectivity index (χ0) is 16.6. The van der Waals surface area contributed by atoms with Crippen molar-refractivity contribution < 1.29 is 9.53 Å². The second kappa shape index (κ2) is 6.10. The van der Waals surface area contributed by atoms with Gasteiger partial charge in [-0.3, -0.25) is 0 Å². The largest absolute Gasteiger partial charge is 0.381 e. The van der Waals surface area contributed by atoms with Crippen LogP contribution in [-0.2, 0) is 4.74 Å². The van der Waals surface area contributed by atoms with Crippen LogP contribution in [0, 0.1) is 5.41 Å². The van der Waals surface area contributed by atoms with Crippen LogP contribution in [0.5, 0.6) is 0 Å². The predicted molar refractivity (Wildman–Crippen MR) is 94.9 cm³/mol. The average molecular weight is 324 g/mol. The third-order valence-corrected chi connectivity index (χ3v) is 5.62. The van der Waals surface area contributed by atoms with E-state index in [0.29, 0.717) is 11.5 Å². The van der Waals surface area contributed by atoms with Crippen molar-refractivity contribution in [2.24, 2.45) is 5.41 Å². The molecule has 2 fully saturated rings. The third-order valence-electron chi connectivity index (χ3n) is 5.62. The fourth-order valence-electron chi connectivity index (χ4n) is 3.98. The van der Waals surface area contributed by atoms with E-state index in [9.17, 15) is 4.79 Å². The van der Waals surface area contributed by atoms with E-state index in [1.165, 1.54) is 10.8 Å². The first-order valence-corrected chi connectivity index (χ1v) is 8.80. The number of rotatable bonds is 3. The van der Waals surface area contributed by atoms with Crippen LogP contribution in [0.3, 0.4) is 0 Å². The molecule has 1 aliphatic carbocycles. The number of ether oxygens (including phenoxy) is 1. The highest BCUT2D eigenvalue weighted by Crippen LogP contribution is 2.53. The molecule has 1 unspecified atom stereocenters. The molecule has 4 rings (SSSR count). The Labute approximate surface area is 142 Å². The molecule has 4 nitrogen and oxygen atoms in total. The Morgan fingerprint density at radius 2 is 1.92 bits per heavy atom. The van der Waals surface area contributed by atoms with Gasteiger partial charge in [-0.1, -0.05) is 42.5 Å². The van der Waals surface area contributed by atoms with E-state index in [4.69, 9.17) is 4.74 Å². The van der Waals surface area contributed by atoms with Crippen LogP contribution < -0.4 is 10.6 Å². The number of fused-ring (bicyclic) bond motifs is 1. The second-order valence-corrected chi connectivity index (χ2v) is 7.14. The normalized spacial score (nSPS) is 23.0. The van der Waals surface area contributed by atoms with Crippen molar-refractivity contribution in [1.82, 2.24) is 10.6 Å². The van der Waals surface area contributed by atoms with E-state index < -0.39 is 0 Å². The summed E-state index contributed by atoms with van der Waals surface area (Å²) in [6.07, 6.45) is 3.22. The van der Waals surface area contributed by atoms with Crippen LogP contribution in [0.1, 0.15) is 37.8 Å². The lowest BCUT2D eigenvalue weighted by molar-refractivity contribution is 0.0547. The van der Waals surface area contributed by atoms with Gasteiger partial charge in [0.1, 0.15) is 0 Å². The van der Waals surface area contributed by atoms with E-state index in [-0.39, 0.29) is 12.1 Å². The predicted octanol–water partition coefficient (Wildman–Crippen LogP) is 3.77. The molecule has 1 aliphatic heterocycles. The number of hydrogen-bond acceptors (Lipinski definition) is 2. The van der Waals surface area contributed by atoms with Gasteiger partial charge in [-0.05, 0) is 47.9 Å². The molecule has 2 aromatic rings. The van der Waals surface area contributed by atoms with Crippen molar-refractivity contribution in [3.8, 4) is 0 Å². The summed E-state index contributed by atoms with van der Waals surface area (Å²) in [4.78, 5) is 12.4. The molecule has 0 aromatic heterocycles. The summed E-state index contributed by atoms with van der Waals surface area (Å²) in [5.74, 6) is 0. The smallest absolute Gasteiger partial charge is 0.315 e. The lowest BCUT2D eigenvalue weighted by atomic mass is 9.96. The van der Waals surface area contributed by atoms with Gasteiger partial charge in [0.2, 0.25) is 0 Å². The first kappa shape index (κ1) is 15.5. The van der Waals surface area contributed by atoms with E-state index in [1.807, 2.05) is 25.1 Å². The highest BCUT2D eigenvalue weighted by molar-refractivity contribution is 5.86. The average Bonchev–Trinajstić information content (AvgIpc) is 3.25. The van der Waals surface area contributed by atoms with Gasteiger partial charge in [0.15, 0.2) is 0 Å². The monoisotopic (exact) mass is 324 g/mol. The fraction of sp³-hybridized carbons (Fsp3) is 0.450. The lowest BCUT2D eigenvalue weighted by Gasteiger charge is -2.23. The van der Waals surface area contributed by atoms with Crippen molar-refractivity contribution >= 4 is 16.8 Å². The van der Waals surface area contributed by atoms with Crippen molar-refractivity contribution in [3.63, 3.8) is 0 Å². The van der Waals surface area contributed by atoms with Crippen molar-refractivity contribution in [3.05, 3.63) is 48.0 Å². The summed E-state index contributed by atoms with van der Waals surface area (Å²) in [6, 6.07) is 14.7. The van der Waals surface area contributed by atoms with Gasteiger partial charge in [-0.15, -0.1) is 0 Å². The molecular weight excluding hydrogens is 300 g/mol. The molecule has 0 radical (unpaired) electrons. The summed E-state index contributed by atoms with van der Waals surface area (Å²) in [6.45, 7) is 3.69. The minimum atomic E-state index is -0.0659.